The minimum atomic E-state index is 0.833. The number of alkyl halides is 1. The second-order valence-electron chi connectivity index (χ2n) is 6.79. The van der Waals surface area contributed by atoms with E-state index in [-0.39, 0.29) is 0 Å². The lowest BCUT2D eigenvalue weighted by Gasteiger charge is -2.37. The summed E-state index contributed by atoms with van der Waals surface area (Å²) in [5.41, 5.74) is 0. The van der Waals surface area contributed by atoms with Crippen molar-refractivity contribution < 1.29 is 0 Å². The lowest BCUT2D eigenvalue weighted by atomic mass is 9.70. The van der Waals surface area contributed by atoms with Gasteiger partial charge in [-0.15, -0.1) is 0 Å². The zero-order valence-electron chi connectivity index (χ0n) is 12.2. The summed E-state index contributed by atoms with van der Waals surface area (Å²) in [5, 5.41) is 0. The van der Waals surface area contributed by atoms with Crippen LogP contribution in [0.25, 0.3) is 0 Å². The Bertz CT molecular complexity index is 210. The summed E-state index contributed by atoms with van der Waals surface area (Å²) < 4.78 is 0. The fraction of sp³-hybridized carbons (Fsp3) is 1.00. The summed E-state index contributed by atoms with van der Waals surface area (Å²) >= 11 is 3.78. The summed E-state index contributed by atoms with van der Waals surface area (Å²) in [5.74, 6) is 3.25. The van der Waals surface area contributed by atoms with E-state index in [4.69, 9.17) is 0 Å². The highest BCUT2D eigenvalue weighted by Crippen LogP contribution is 2.42. The summed E-state index contributed by atoms with van der Waals surface area (Å²) in [4.78, 5) is 0.833. The van der Waals surface area contributed by atoms with Crippen LogP contribution in [-0.2, 0) is 0 Å². The first-order valence-electron chi connectivity index (χ1n) is 8.43. The van der Waals surface area contributed by atoms with Crippen molar-refractivity contribution in [3.8, 4) is 0 Å². The standard InChI is InChI=1S/C17H31Br/c1-2-3-4-5-14-6-8-15(9-7-14)16-10-12-17(18)13-11-16/h14-17H,2-13H2,1H3/t14-,15-,16?,17?. The van der Waals surface area contributed by atoms with Gasteiger partial charge in [0.1, 0.15) is 0 Å². The van der Waals surface area contributed by atoms with Gasteiger partial charge in [0.2, 0.25) is 0 Å². The van der Waals surface area contributed by atoms with Crippen molar-refractivity contribution in [3.05, 3.63) is 0 Å². The van der Waals surface area contributed by atoms with E-state index in [0.29, 0.717) is 0 Å². The smallest absolute Gasteiger partial charge is 0.0146 e. The molecule has 0 saturated heterocycles. The molecule has 0 radical (unpaired) electrons. The highest BCUT2D eigenvalue weighted by atomic mass is 79.9. The Morgan fingerprint density at radius 2 is 1.33 bits per heavy atom. The molecule has 0 atom stereocenters. The molecule has 0 amide bonds. The Kier molecular flexibility index (Phi) is 6.55. The molecule has 0 aromatic rings. The molecule has 0 aliphatic heterocycles. The quantitative estimate of drug-likeness (QED) is 0.411. The van der Waals surface area contributed by atoms with Crippen molar-refractivity contribution in [2.75, 3.05) is 0 Å². The van der Waals surface area contributed by atoms with Gasteiger partial charge < -0.3 is 0 Å². The van der Waals surface area contributed by atoms with Crippen molar-refractivity contribution in [3.63, 3.8) is 0 Å². The third-order valence-electron chi connectivity index (χ3n) is 5.48. The molecular weight excluding hydrogens is 284 g/mol. The van der Waals surface area contributed by atoms with Gasteiger partial charge in [0.25, 0.3) is 0 Å². The van der Waals surface area contributed by atoms with E-state index < -0.39 is 0 Å². The van der Waals surface area contributed by atoms with Crippen LogP contribution in [0.3, 0.4) is 0 Å². The van der Waals surface area contributed by atoms with Crippen molar-refractivity contribution >= 4 is 15.9 Å². The van der Waals surface area contributed by atoms with Crippen molar-refractivity contribution in [1.82, 2.24) is 0 Å². The predicted molar refractivity (Wildman–Crippen MR) is 84.3 cm³/mol. The van der Waals surface area contributed by atoms with Crippen LogP contribution in [0.2, 0.25) is 0 Å². The van der Waals surface area contributed by atoms with Crippen LogP contribution < -0.4 is 0 Å². The number of hydrogen-bond donors (Lipinski definition) is 0. The SMILES string of the molecule is CCCCC[C@H]1CC[C@H](C2CCC(Br)CC2)CC1. The second kappa shape index (κ2) is 7.92. The molecule has 0 bridgehead atoms. The largest absolute Gasteiger partial charge is 0.0891 e. The van der Waals surface area contributed by atoms with Gasteiger partial charge in [-0.05, 0) is 56.3 Å². The zero-order valence-corrected chi connectivity index (χ0v) is 13.8. The first kappa shape index (κ1) is 14.9. The van der Waals surface area contributed by atoms with Gasteiger partial charge in [-0.25, -0.2) is 0 Å². The molecule has 0 aromatic carbocycles. The average molecular weight is 315 g/mol. The normalized spacial score (nSPS) is 37.7. The number of hydrogen-bond acceptors (Lipinski definition) is 0. The molecule has 2 aliphatic carbocycles. The van der Waals surface area contributed by atoms with E-state index in [1.807, 2.05) is 0 Å². The van der Waals surface area contributed by atoms with Crippen molar-refractivity contribution in [1.29, 1.82) is 0 Å². The molecule has 1 heteroatoms. The van der Waals surface area contributed by atoms with Gasteiger partial charge >= 0.3 is 0 Å². The van der Waals surface area contributed by atoms with Gasteiger partial charge in [-0.2, -0.15) is 0 Å². The van der Waals surface area contributed by atoms with Gasteiger partial charge in [0.05, 0.1) is 0 Å². The number of unbranched alkanes of at least 4 members (excludes halogenated alkanes) is 2. The fourth-order valence-corrected chi connectivity index (χ4v) is 4.71. The lowest BCUT2D eigenvalue weighted by molar-refractivity contribution is 0.164. The van der Waals surface area contributed by atoms with Crippen LogP contribution in [0, 0.1) is 17.8 Å². The Balaban J connectivity index is 1.63. The topological polar surface area (TPSA) is 0 Å². The monoisotopic (exact) mass is 314 g/mol. The molecule has 106 valence electrons. The van der Waals surface area contributed by atoms with Crippen LogP contribution in [0.15, 0.2) is 0 Å². The van der Waals surface area contributed by atoms with Crippen molar-refractivity contribution in [2.45, 2.75) is 88.8 Å². The minimum absolute atomic E-state index is 0.833. The Morgan fingerprint density at radius 3 is 1.89 bits per heavy atom. The maximum Gasteiger partial charge on any atom is 0.0146 e. The molecule has 0 spiro atoms. The zero-order chi connectivity index (χ0) is 12.8. The van der Waals surface area contributed by atoms with E-state index in [1.165, 1.54) is 51.4 Å². The van der Waals surface area contributed by atoms with Crippen molar-refractivity contribution in [2.24, 2.45) is 17.8 Å². The average Bonchev–Trinajstić information content (AvgIpc) is 2.41. The summed E-state index contributed by atoms with van der Waals surface area (Å²) in [6.45, 7) is 2.32. The molecule has 0 aromatic heterocycles. The molecular formula is C17H31Br. The Hall–Kier alpha value is 0.480. The molecule has 0 unspecified atom stereocenters. The van der Waals surface area contributed by atoms with E-state index in [2.05, 4.69) is 22.9 Å². The van der Waals surface area contributed by atoms with Gasteiger partial charge in [-0.1, -0.05) is 61.4 Å². The minimum Gasteiger partial charge on any atom is -0.0891 e. The third kappa shape index (κ3) is 4.54. The van der Waals surface area contributed by atoms with Crippen LogP contribution in [0.4, 0.5) is 0 Å². The molecule has 0 heterocycles. The van der Waals surface area contributed by atoms with Crippen LogP contribution in [-0.4, -0.2) is 4.83 Å². The molecule has 18 heavy (non-hydrogen) atoms. The van der Waals surface area contributed by atoms with E-state index in [1.54, 1.807) is 25.7 Å². The molecule has 0 nitrogen and oxygen atoms in total. The Labute approximate surface area is 122 Å². The van der Waals surface area contributed by atoms with E-state index in [0.717, 1.165) is 22.6 Å². The molecule has 0 N–H and O–H groups in total. The van der Waals surface area contributed by atoms with Gasteiger partial charge in [0, 0.05) is 4.83 Å². The first-order chi connectivity index (χ1) is 8.79. The third-order valence-corrected chi connectivity index (χ3v) is 6.39. The van der Waals surface area contributed by atoms with Crippen LogP contribution in [0.5, 0.6) is 0 Å². The number of rotatable bonds is 5. The lowest BCUT2D eigenvalue weighted by Crippen LogP contribution is -2.25. The highest BCUT2D eigenvalue weighted by molar-refractivity contribution is 9.09. The molecule has 2 fully saturated rings. The van der Waals surface area contributed by atoms with E-state index in [9.17, 15) is 0 Å². The summed E-state index contributed by atoms with van der Waals surface area (Å²) in [6, 6.07) is 0. The summed E-state index contributed by atoms with van der Waals surface area (Å²) in [6.07, 6.45) is 17.9. The maximum absolute atomic E-state index is 3.78. The maximum atomic E-state index is 3.78. The van der Waals surface area contributed by atoms with Crippen LogP contribution >= 0.6 is 15.9 Å². The molecule has 2 aliphatic rings. The van der Waals surface area contributed by atoms with E-state index >= 15 is 0 Å². The summed E-state index contributed by atoms with van der Waals surface area (Å²) in [7, 11) is 0. The predicted octanol–water partition coefficient (Wildman–Crippen LogP) is 6.33. The van der Waals surface area contributed by atoms with Gasteiger partial charge in [-0.3, -0.25) is 0 Å². The first-order valence-corrected chi connectivity index (χ1v) is 9.35. The fourth-order valence-electron chi connectivity index (χ4n) is 4.18. The highest BCUT2D eigenvalue weighted by Gasteiger charge is 2.29. The molecule has 2 rings (SSSR count). The Morgan fingerprint density at radius 1 is 0.778 bits per heavy atom. The van der Waals surface area contributed by atoms with Gasteiger partial charge in [0.15, 0.2) is 0 Å². The van der Waals surface area contributed by atoms with Crippen LogP contribution in [0.1, 0.15) is 84.0 Å². The second-order valence-corrected chi connectivity index (χ2v) is 8.08. The molecule has 2 saturated carbocycles. The number of halogens is 1.